The minimum absolute atomic E-state index is 0.00251. The average molecular weight is 272 g/mol. The Morgan fingerprint density at radius 1 is 1.42 bits per heavy atom. The van der Waals surface area contributed by atoms with E-state index in [0.29, 0.717) is 0 Å². The van der Waals surface area contributed by atoms with E-state index in [0.717, 1.165) is 12.1 Å². The lowest BCUT2D eigenvalue weighted by molar-refractivity contribution is 0.0524. The highest BCUT2D eigenvalue weighted by atomic mass is 19.1. The molecule has 0 spiro atoms. The first kappa shape index (κ1) is 15.4. The van der Waals surface area contributed by atoms with E-state index in [1.54, 1.807) is 20.8 Å². The lowest BCUT2D eigenvalue weighted by atomic mass is 10.1. The van der Waals surface area contributed by atoms with E-state index < -0.39 is 29.4 Å². The summed E-state index contributed by atoms with van der Waals surface area (Å²) in [6.07, 6.45) is -0.634. The Morgan fingerprint density at radius 3 is 2.58 bits per heavy atom. The molecule has 1 rings (SSSR count). The maximum atomic E-state index is 13.4. The zero-order chi connectivity index (χ0) is 14.6. The van der Waals surface area contributed by atoms with E-state index in [1.165, 1.54) is 6.07 Å². The van der Waals surface area contributed by atoms with Crippen LogP contribution in [0, 0.1) is 11.6 Å². The van der Waals surface area contributed by atoms with Gasteiger partial charge in [-0.1, -0.05) is 6.07 Å². The Bertz CT molecular complexity index is 458. The molecule has 0 radical (unpaired) electrons. The molecular weight excluding hydrogens is 254 g/mol. The van der Waals surface area contributed by atoms with Crippen LogP contribution in [-0.4, -0.2) is 18.2 Å². The van der Waals surface area contributed by atoms with Gasteiger partial charge in [-0.25, -0.2) is 13.6 Å². The van der Waals surface area contributed by atoms with Gasteiger partial charge in [0.1, 0.15) is 17.2 Å². The van der Waals surface area contributed by atoms with Crippen molar-refractivity contribution in [3.8, 4) is 0 Å². The summed E-state index contributed by atoms with van der Waals surface area (Å²) in [4.78, 5) is 11.4. The van der Waals surface area contributed by atoms with Gasteiger partial charge in [0.15, 0.2) is 0 Å². The van der Waals surface area contributed by atoms with E-state index in [-0.39, 0.29) is 12.1 Å². The van der Waals surface area contributed by atoms with Crippen molar-refractivity contribution in [3.63, 3.8) is 0 Å². The second kappa shape index (κ2) is 5.97. The van der Waals surface area contributed by atoms with E-state index in [4.69, 9.17) is 10.5 Å². The topological polar surface area (TPSA) is 64.3 Å². The Morgan fingerprint density at radius 2 is 2.05 bits per heavy atom. The average Bonchev–Trinajstić information content (AvgIpc) is 2.23. The van der Waals surface area contributed by atoms with Crippen LogP contribution in [0.1, 0.15) is 32.4 Å². The summed E-state index contributed by atoms with van der Waals surface area (Å²) in [6, 6.07) is 2.36. The van der Waals surface area contributed by atoms with Crippen LogP contribution >= 0.6 is 0 Å². The van der Waals surface area contributed by atoms with Crippen LogP contribution in [0.15, 0.2) is 18.2 Å². The normalized spacial score (nSPS) is 12.9. The first-order valence-electron chi connectivity index (χ1n) is 5.86. The smallest absolute Gasteiger partial charge is 0.407 e. The van der Waals surface area contributed by atoms with Crippen molar-refractivity contribution in [2.75, 3.05) is 6.54 Å². The summed E-state index contributed by atoms with van der Waals surface area (Å²) in [5.41, 5.74) is 5.25. The van der Waals surface area contributed by atoms with Crippen molar-refractivity contribution in [3.05, 3.63) is 35.4 Å². The fourth-order valence-electron chi connectivity index (χ4n) is 1.42. The second-order valence-electron chi connectivity index (χ2n) is 5.16. The number of benzene rings is 1. The monoisotopic (exact) mass is 272 g/mol. The number of nitrogens with one attached hydrogen (secondary N) is 1. The van der Waals surface area contributed by atoms with Crippen LogP contribution in [-0.2, 0) is 4.74 Å². The molecule has 0 aliphatic heterocycles. The molecule has 19 heavy (non-hydrogen) atoms. The molecule has 0 unspecified atom stereocenters. The number of hydrogen-bond donors (Lipinski definition) is 2. The highest BCUT2D eigenvalue weighted by Crippen LogP contribution is 2.16. The number of ether oxygens (including phenoxy) is 1. The van der Waals surface area contributed by atoms with Gasteiger partial charge in [0.2, 0.25) is 0 Å². The Labute approximate surface area is 110 Å². The largest absolute Gasteiger partial charge is 0.444 e. The molecule has 1 amide bonds. The number of carbonyl (C=O) groups excluding carboxylic acids is 1. The zero-order valence-corrected chi connectivity index (χ0v) is 11.2. The quantitative estimate of drug-likeness (QED) is 0.888. The standard InChI is InChI=1S/C13H18F2N2O2/c1-13(2,3)19-12(18)17-7-11(16)9-5-4-8(14)6-10(9)15/h4-6,11H,7,16H2,1-3H3,(H,17,18)/t11-/m0/s1. The predicted octanol–water partition coefficient (Wildman–Crippen LogP) is 2.49. The van der Waals surface area contributed by atoms with Crippen molar-refractivity contribution >= 4 is 6.09 Å². The maximum absolute atomic E-state index is 13.4. The van der Waals surface area contributed by atoms with Crippen molar-refractivity contribution in [1.82, 2.24) is 5.32 Å². The molecule has 1 atom stereocenters. The van der Waals surface area contributed by atoms with Crippen molar-refractivity contribution < 1.29 is 18.3 Å². The molecule has 0 bridgehead atoms. The van der Waals surface area contributed by atoms with Gasteiger partial charge in [0.05, 0.1) is 6.04 Å². The molecule has 0 heterocycles. The van der Waals surface area contributed by atoms with E-state index >= 15 is 0 Å². The van der Waals surface area contributed by atoms with Crippen LogP contribution in [0.5, 0.6) is 0 Å². The summed E-state index contributed by atoms with van der Waals surface area (Å²) in [7, 11) is 0. The molecule has 1 aromatic rings. The highest BCUT2D eigenvalue weighted by molar-refractivity contribution is 5.67. The van der Waals surface area contributed by atoms with Crippen LogP contribution in [0.4, 0.5) is 13.6 Å². The fraction of sp³-hybridized carbons (Fsp3) is 0.462. The number of alkyl carbamates (subject to hydrolysis) is 1. The predicted molar refractivity (Wildman–Crippen MR) is 67.5 cm³/mol. The van der Waals surface area contributed by atoms with E-state index in [9.17, 15) is 13.6 Å². The van der Waals surface area contributed by atoms with Crippen LogP contribution < -0.4 is 11.1 Å². The molecule has 3 N–H and O–H groups in total. The Kier molecular flexibility index (Phi) is 4.83. The molecule has 0 saturated carbocycles. The van der Waals surface area contributed by atoms with E-state index in [1.807, 2.05) is 0 Å². The molecule has 6 heteroatoms. The maximum Gasteiger partial charge on any atom is 0.407 e. The number of halogens is 2. The zero-order valence-electron chi connectivity index (χ0n) is 11.2. The van der Waals surface area contributed by atoms with Gasteiger partial charge < -0.3 is 15.8 Å². The Balaban J connectivity index is 2.56. The van der Waals surface area contributed by atoms with E-state index in [2.05, 4.69) is 5.32 Å². The molecular formula is C13H18F2N2O2. The van der Waals surface area contributed by atoms with Crippen LogP contribution in [0.2, 0.25) is 0 Å². The first-order chi connectivity index (χ1) is 8.69. The third-order valence-electron chi connectivity index (χ3n) is 2.23. The summed E-state index contributed by atoms with van der Waals surface area (Å²) >= 11 is 0. The number of rotatable bonds is 3. The Hall–Kier alpha value is -1.69. The van der Waals surface area contributed by atoms with Crippen molar-refractivity contribution in [2.24, 2.45) is 5.73 Å². The summed E-state index contributed by atoms with van der Waals surface area (Å²) in [5, 5.41) is 2.43. The third-order valence-corrected chi connectivity index (χ3v) is 2.23. The number of amides is 1. The summed E-state index contributed by atoms with van der Waals surface area (Å²) < 4.78 is 31.2. The first-order valence-corrected chi connectivity index (χ1v) is 5.86. The van der Waals surface area contributed by atoms with Crippen molar-refractivity contribution in [1.29, 1.82) is 0 Å². The molecule has 0 aliphatic rings. The van der Waals surface area contributed by atoms with Gasteiger partial charge in [-0.2, -0.15) is 0 Å². The van der Waals surface area contributed by atoms with Crippen molar-refractivity contribution in [2.45, 2.75) is 32.4 Å². The lowest BCUT2D eigenvalue weighted by Gasteiger charge is -2.21. The number of carbonyl (C=O) groups is 1. The third kappa shape index (κ3) is 5.21. The molecule has 0 aromatic heterocycles. The fourth-order valence-corrected chi connectivity index (χ4v) is 1.42. The molecule has 4 nitrogen and oxygen atoms in total. The SMILES string of the molecule is CC(C)(C)OC(=O)NC[C@H](N)c1ccc(F)cc1F. The van der Waals surface area contributed by atoms with Crippen LogP contribution in [0.25, 0.3) is 0 Å². The minimum atomic E-state index is -0.770. The van der Waals surface area contributed by atoms with Gasteiger partial charge in [0, 0.05) is 18.2 Å². The molecule has 0 fully saturated rings. The summed E-state index contributed by atoms with van der Waals surface area (Å²) in [5.74, 6) is -1.41. The molecule has 0 aliphatic carbocycles. The molecule has 106 valence electrons. The second-order valence-corrected chi connectivity index (χ2v) is 5.16. The molecule has 0 saturated heterocycles. The van der Waals surface area contributed by atoms with Gasteiger partial charge in [-0.05, 0) is 26.8 Å². The lowest BCUT2D eigenvalue weighted by Crippen LogP contribution is -2.36. The highest BCUT2D eigenvalue weighted by Gasteiger charge is 2.18. The van der Waals surface area contributed by atoms with Gasteiger partial charge in [-0.15, -0.1) is 0 Å². The number of hydrogen-bond acceptors (Lipinski definition) is 3. The minimum Gasteiger partial charge on any atom is -0.444 e. The van der Waals surface area contributed by atoms with Crippen LogP contribution in [0.3, 0.4) is 0 Å². The van der Waals surface area contributed by atoms with Gasteiger partial charge >= 0.3 is 6.09 Å². The van der Waals surface area contributed by atoms with Gasteiger partial charge in [0.25, 0.3) is 0 Å². The summed E-state index contributed by atoms with van der Waals surface area (Å²) in [6.45, 7) is 5.18. The molecule has 1 aromatic carbocycles. The number of nitrogens with two attached hydrogens (primary N) is 1. The van der Waals surface area contributed by atoms with Gasteiger partial charge in [-0.3, -0.25) is 0 Å².